The molecule has 4 rings (SSSR count). The lowest BCUT2D eigenvalue weighted by atomic mass is 10.0. The van der Waals surface area contributed by atoms with Crippen molar-refractivity contribution in [2.75, 3.05) is 5.32 Å². The van der Waals surface area contributed by atoms with Crippen LogP contribution in [0.15, 0.2) is 64.6 Å². The maximum absolute atomic E-state index is 12.7. The molecule has 1 aliphatic carbocycles. The number of nitrogens with zero attached hydrogens (tertiary/aromatic N) is 2. The van der Waals surface area contributed by atoms with Gasteiger partial charge in [-0.25, -0.2) is 4.99 Å². The second-order valence-electron chi connectivity index (χ2n) is 7.17. The molecule has 1 unspecified atom stereocenters. The molecule has 1 saturated carbocycles. The molecule has 2 aliphatic rings. The van der Waals surface area contributed by atoms with E-state index in [-0.39, 0.29) is 17.8 Å². The number of amides is 1. The van der Waals surface area contributed by atoms with E-state index in [9.17, 15) is 4.79 Å². The van der Waals surface area contributed by atoms with Crippen LogP contribution in [-0.2, 0) is 9.53 Å². The highest BCUT2D eigenvalue weighted by atomic mass is 16.5. The number of carbonyl (C=O) groups is 1. The Morgan fingerprint density at radius 1 is 1.10 bits per heavy atom. The molecule has 1 fully saturated rings. The van der Waals surface area contributed by atoms with E-state index < -0.39 is 12.1 Å². The fraction of sp³-hybridized carbons (Fsp3) is 0.333. The quantitative estimate of drug-likeness (QED) is 0.508. The van der Waals surface area contributed by atoms with Gasteiger partial charge in [-0.1, -0.05) is 75.2 Å². The topological polar surface area (TPSA) is 113 Å². The van der Waals surface area contributed by atoms with E-state index in [2.05, 4.69) is 15.3 Å². The van der Waals surface area contributed by atoms with Crippen LogP contribution in [0.25, 0.3) is 0 Å². The van der Waals surface area contributed by atoms with E-state index in [0.717, 1.165) is 36.8 Å². The van der Waals surface area contributed by atoms with E-state index in [1.54, 1.807) is 0 Å². The molecule has 0 radical (unpaired) electrons. The van der Waals surface area contributed by atoms with Gasteiger partial charge in [0.15, 0.2) is 5.90 Å². The summed E-state index contributed by atoms with van der Waals surface area (Å²) >= 11 is 0. The number of carbonyl (C=O) groups excluding carboxylic acids is 1. The van der Waals surface area contributed by atoms with Crippen molar-refractivity contribution in [1.82, 2.24) is 0 Å². The summed E-state index contributed by atoms with van der Waals surface area (Å²) in [6.07, 6.45) is 2.90. The second kappa shape index (κ2) is 10.5. The van der Waals surface area contributed by atoms with Gasteiger partial charge in [-0.2, -0.15) is 4.99 Å². The number of aliphatic imine (C=N–C) groups is 2. The summed E-state index contributed by atoms with van der Waals surface area (Å²) in [7, 11) is 0. The van der Waals surface area contributed by atoms with Crippen molar-refractivity contribution in [2.45, 2.75) is 45.7 Å². The molecule has 7 nitrogen and oxygen atoms in total. The average molecular weight is 420 g/mol. The Morgan fingerprint density at radius 2 is 1.74 bits per heavy atom. The third kappa shape index (κ3) is 5.36. The number of ether oxygens (including phenoxy) is 1. The molecule has 0 aromatic heterocycles. The molecule has 1 atom stereocenters. The molecule has 1 aliphatic heterocycles. The Morgan fingerprint density at radius 3 is 2.45 bits per heavy atom. The highest BCUT2D eigenvalue weighted by Gasteiger charge is 2.27. The van der Waals surface area contributed by atoms with Crippen molar-refractivity contribution in [3.63, 3.8) is 0 Å². The van der Waals surface area contributed by atoms with Crippen LogP contribution in [0.4, 0.5) is 5.69 Å². The Hall–Kier alpha value is -3.48. The first-order chi connectivity index (χ1) is 15.1. The number of anilines is 1. The first-order valence-corrected chi connectivity index (χ1v) is 10.7. The van der Waals surface area contributed by atoms with E-state index in [4.69, 9.17) is 15.9 Å². The van der Waals surface area contributed by atoms with Gasteiger partial charge < -0.3 is 15.8 Å². The number of hydrogen-bond acceptors (Lipinski definition) is 5. The normalized spacial score (nSPS) is 18.6. The maximum atomic E-state index is 12.7. The van der Waals surface area contributed by atoms with E-state index in [0.29, 0.717) is 11.4 Å². The van der Waals surface area contributed by atoms with Gasteiger partial charge in [0.2, 0.25) is 6.17 Å². The number of hydrogen-bond donors (Lipinski definition) is 3. The van der Waals surface area contributed by atoms with Gasteiger partial charge in [0.05, 0.1) is 11.4 Å². The number of benzene rings is 2. The third-order valence-corrected chi connectivity index (χ3v) is 5.16. The molecule has 2 aromatic carbocycles. The number of para-hydroxylation sites is 1. The Kier molecular flexibility index (Phi) is 7.54. The van der Waals surface area contributed by atoms with Crippen LogP contribution in [0.1, 0.15) is 50.7 Å². The lowest BCUT2D eigenvalue weighted by Gasteiger charge is -2.13. The van der Waals surface area contributed by atoms with E-state index in [1.165, 1.54) is 0 Å². The minimum atomic E-state index is -1.10. The molecular weight excluding hydrogens is 390 g/mol. The number of rotatable bonds is 3. The van der Waals surface area contributed by atoms with Crippen LogP contribution >= 0.6 is 0 Å². The van der Waals surface area contributed by atoms with Gasteiger partial charge in [0.25, 0.3) is 11.9 Å². The number of fused-ring (bicyclic) bond motifs is 1. The van der Waals surface area contributed by atoms with Crippen molar-refractivity contribution in [1.29, 1.82) is 5.41 Å². The van der Waals surface area contributed by atoms with E-state index in [1.807, 2.05) is 68.4 Å². The SMILES string of the molecule is CC.N=C(O/C(N)=N/C1N=C(c2ccccc2)c2ccccc2NC1=O)C1CCCC1. The summed E-state index contributed by atoms with van der Waals surface area (Å²) in [5.74, 6) is -0.227. The highest BCUT2D eigenvalue weighted by Crippen LogP contribution is 2.26. The molecular formula is C24H29N5O2. The molecule has 162 valence electrons. The lowest BCUT2D eigenvalue weighted by molar-refractivity contribution is -0.117. The minimum Gasteiger partial charge on any atom is -0.412 e. The molecule has 0 saturated heterocycles. The standard InChI is InChI=1S/C22H23N5O2.C2H6/c23-19(15-10-4-5-11-15)29-22(24)27-20-21(28)25-17-13-7-6-12-16(17)18(26-20)14-8-2-1-3-9-14;1-2/h1-3,6-9,12-13,15,20,23H,4-5,10-11H2,(H2,24,27)(H,25,28);1-2H3. The molecule has 0 spiro atoms. The first-order valence-electron chi connectivity index (χ1n) is 10.7. The zero-order chi connectivity index (χ0) is 22.2. The summed E-state index contributed by atoms with van der Waals surface area (Å²) in [4.78, 5) is 21.5. The predicted molar refractivity (Wildman–Crippen MR) is 125 cm³/mol. The fourth-order valence-electron chi connectivity index (χ4n) is 3.69. The van der Waals surface area contributed by atoms with E-state index >= 15 is 0 Å². The largest absolute Gasteiger partial charge is 0.412 e. The summed E-state index contributed by atoms with van der Waals surface area (Å²) in [5, 5.41) is 10.9. The van der Waals surface area contributed by atoms with Gasteiger partial charge in [-0.05, 0) is 18.9 Å². The average Bonchev–Trinajstić information content (AvgIpc) is 3.30. The van der Waals surface area contributed by atoms with Gasteiger partial charge in [0, 0.05) is 17.0 Å². The number of nitrogens with one attached hydrogen (secondary N) is 2. The van der Waals surface area contributed by atoms with Crippen LogP contribution in [0.3, 0.4) is 0 Å². The summed E-state index contributed by atoms with van der Waals surface area (Å²) in [5.41, 5.74) is 8.90. The number of nitrogens with two attached hydrogens (primary N) is 1. The Bertz CT molecular complexity index is 978. The van der Waals surface area contributed by atoms with Gasteiger partial charge >= 0.3 is 0 Å². The smallest absolute Gasteiger partial charge is 0.291 e. The highest BCUT2D eigenvalue weighted by molar-refractivity contribution is 6.19. The van der Waals surface area contributed by atoms with Crippen molar-refractivity contribution in [3.05, 3.63) is 65.7 Å². The molecule has 2 aromatic rings. The molecule has 1 amide bonds. The monoisotopic (exact) mass is 419 g/mol. The van der Waals surface area contributed by atoms with Crippen molar-refractivity contribution >= 4 is 29.2 Å². The van der Waals surface area contributed by atoms with Crippen LogP contribution < -0.4 is 11.1 Å². The Labute approximate surface area is 183 Å². The first kappa shape index (κ1) is 22.2. The molecule has 0 bridgehead atoms. The zero-order valence-corrected chi connectivity index (χ0v) is 18.0. The van der Waals surface area contributed by atoms with Gasteiger partial charge in [-0.3, -0.25) is 10.2 Å². The Balaban J connectivity index is 0.00000132. The lowest BCUT2D eigenvalue weighted by Crippen LogP contribution is -2.30. The van der Waals surface area contributed by atoms with Gasteiger partial charge in [0.1, 0.15) is 0 Å². The van der Waals surface area contributed by atoms with Crippen LogP contribution in [-0.4, -0.2) is 29.7 Å². The minimum absolute atomic E-state index is 0.0688. The number of amidine groups is 1. The summed E-state index contributed by atoms with van der Waals surface area (Å²) in [6, 6.07) is 16.9. The molecule has 31 heavy (non-hydrogen) atoms. The van der Waals surface area contributed by atoms with Crippen LogP contribution in [0, 0.1) is 11.3 Å². The summed E-state index contributed by atoms with van der Waals surface area (Å²) < 4.78 is 5.41. The second-order valence-corrected chi connectivity index (χ2v) is 7.17. The van der Waals surface area contributed by atoms with Gasteiger partial charge in [-0.15, -0.1) is 0 Å². The number of benzodiazepines with no additional fused rings is 1. The van der Waals surface area contributed by atoms with Crippen molar-refractivity contribution in [3.8, 4) is 0 Å². The zero-order valence-electron chi connectivity index (χ0n) is 18.0. The molecule has 1 heterocycles. The summed E-state index contributed by atoms with van der Waals surface area (Å²) in [6.45, 7) is 4.00. The maximum Gasteiger partial charge on any atom is 0.291 e. The van der Waals surface area contributed by atoms with Crippen LogP contribution in [0.2, 0.25) is 0 Å². The predicted octanol–water partition coefficient (Wildman–Crippen LogP) is 4.33. The van der Waals surface area contributed by atoms with Crippen molar-refractivity contribution in [2.24, 2.45) is 21.6 Å². The molecule has 4 N–H and O–H groups in total. The van der Waals surface area contributed by atoms with Crippen molar-refractivity contribution < 1.29 is 9.53 Å². The van der Waals surface area contributed by atoms with Crippen LogP contribution in [0.5, 0.6) is 0 Å². The fourth-order valence-corrected chi connectivity index (χ4v) is 3.69. The third-order valence-electron chi connectivity index (χ3n) is 5.16. The molecule has 7 heteroatoms.